The van der Waals surface area contributed by atoms with Gasteiger partial charge in [0, 0.05) is 6.04 Å². The fourth-order valence-electron chi connectivity index (χ4n) is 3.41. The molecule has 3 N–H and O–H groups in total. The van der Waals surface area contributed by atoms with Crippen molar-refractivity contribution in [3.8, 4) is 0 Å². The van der Waals surface area contributed by atoms with Gasteiger partial charge in [-0.05, 0) is 55.4 Å². The number of nitrogens with one attached hydrogen (secondary N) is 3. The van der Waals surface area contributed by atoms with Crippen molar-refractivity contribution in [1.82, 2.24) is 15.4 Å². The first kappa shape index (κ1) is 22.4. The standard InChI is InChI=1S/C20H31N3O4S/c1-13-8-9-17(10-15(13)3)28(26,27)22-12-19(24)21-11-20(25)23-18-7-5-6-14(2)16(18)4/h8-10,14,16,18,22H,5-7,11-12H2,1-4H3,(H,21,24)(H,23,25)/t14-,16-,18-/m1/s1. The molecular formula is C20H31N3O4S. The molecule has 0 spiro atoms. The van der Waals surface area contributed by atoms with Crippen molar-refractivity contribution in [2.24, 2.45) is 11.8 Å². The SMILES string of the molecule is Cc1ccc(S(=O)(=O)NCC(=O)NCC(=O)N[C@@H]2CCC[C@@H](C)[C@H]2C)cc1C. The molecule has 156 valence electrons. The quantitative estimate of drug-likeness (QED) is 0.637. The molecular weight excluding hydrogens is 378 g/mol. The van der Waals surface area contributed by atoms with Crippen LogP contribution in [0, 0.1) is 25.7 Å². The van der Waals surface area contributed by atoms with Gasteiger partial charge >= 0.3 is 0 Å². The molecule has 1 saturated carbocycles. The lowest BCUT2D eigenvalue weighted by molar-refractivity contribution is -0.126. The van der Waals surface area contributed by atoms with E-state index in [1.807, 2.05) is 13.8 Å². The van der Waals surface area contributed by atoms with Crippen LogP contribution in [0.15, 0.2) is 23.1 Å². The monoisotopic (exact) mass is 409 g/mol. The summed E-state index contributed by atoms with van der Waals surface area (Å²) in [4.78, 5) is 24.1. The number of benzene rings is 1. The van der Waals surface area contributed by atoms with Crippen molar-refractivity contribution in [3.05, 3.63) is 29.3 Å². The van der Waals surface area contributed by atoms with Gasteiger partial charge in [0.15, 0.2) is 0 Å². The molecule has 28 heavy (non-hydrogen) atoms. The molecule has 0 bridgehead atoms. The minimum atomic E-state index is -3.78. The summed E-state index contributed by atoms with van der Waals surface area (Å²) in [7, 11) is -3.78. The fraction of sp³-hybridized carbons (Fsp3) is 0.600. The number of aryl methyl sites for hydroxylation is 2. The summed E-state index contributed by atoms with van der Waals surface area (Å²) in [5, 5.41) is 5.44. The Balaban J connectivity index is 1.79. The van der Waals surface area contributed by atoms with E-state index in [2.05, 4.69) is 29.2 Å². The summed E-state index contributed by atoms with van der Waals surface area (Å²) in [5.74, 6) is 0.163. The second-order valence-corrected chi connectivity index (χ2v) is 9.56. The number of hydrogen-bond acceptors (Lipinski definition) is 4. The summed E-state index contributed by atoms with van der Waals surface area (Å²) < 4.78 is 26.9. The third-order valence-electron chi connectivity index (χ3n) is 5.71. The molecule has 8 heteroatoms. The van der Waals surface area contributed by atoms with Gasteiger partial charge in [-0.1, -0.05) is 32.8 Å². The summed E-state index contributed by atoms with van der Waals surface area (Å²) >= 11 is 0. The highest BCUT2D eigenvalue weighted by atomic mass is 32.2. The Labute approximate surface area is 167 Å². The number of amides is 2. The first-order chi connectivity index (χ1) is 13.1. The maximum atomic E-state index is 12.3. The number of rotatable bonds is 7. The number of carbonyl (C=O) groups excluding carboxylic acids is 2. The van der Waals surface area contributed by atoms with Crippen molar-refractivity contribution < 1.29 is 18.0 Å². The predicted octanol–water partition coefficient (Wildman–Crippen LogP) is 1.64. The largest absolute Gasteiger partial charge is 0.352 e. The molecule has 0 aromatic heterocycles. The molecule has 0 heterocycles. The summed E-state index contributed by atoms with van der Waals surface area (Å²) in [6.07, 6.45) is 3.20. The van der Waals surface area contributed by atoms with Crippen LogP contribution in [0.5, 0.6) is 0 Å². The fourth-order valence-corrected chi connectivity index (χ4v) is 4.48. The van der Waals surface area contributed by atoms with Crippen LogP contribution >= 0.6 is 0 Å². The molecule has 0 saturated heterocycles. The van der Waals surface area contributed by atoms with E-state index in [1.165, 1.54) is 12.5 Å². The van der Waals surface area contributed by atoms with Crippen molar-refractivity contribution in [1.29, 1.82) is 0 Å². The zero-order chi connectivity index (χ0) is 20.9. The van der Waals surface area contributed by atoms with Crippen molar-refractivity contribution >= 4 is 21.8 Å². The van der Waals surface area contributed by atoms with Crippen LogP contribution in [-0.2, 0) is 19.6 Å². The van der Waals surface area contributed by atoms with Gasteiger partial charge in [0.05, 0.1) is 18.0 Å². The summed E-state index contributed by atoms with van der Waals surface area (Å²) in [6.45, 7) is 7.46. The molecule has 0 unspecified atom stereocenters. The van der Waals surface area contributed by atoms with E-state index in [-0.39, 0.29) is 23.4 Å². The highest BCUT2D eigenvalue weighted by molar-refractivity contribution is 7.89. The van der Waals surface area contributed by atoms with Crippen LogP contribution in [0.2, 0.25) is 0 Å². The van der Waals surface area contributed by atoms with E-state index < -0.39 is 22.5 Å². The molecule has 1 aromatic carbocycles. The van der Waals surface area contributed by atoms with E-state index in [0.717, 1.165) is 24.0 Å². The Morgan fingerprint density at radius 2 is 1.75 bits per heavy atom. The Morgan fingerprint density at radius 3 is 2.43 bits per heavy atom. The first-order valence-corrected chi connectivity index (χ1v) is 11.2. The Kier molecular flexibility index (Phi) is 7.60. The summed E-state index contributed by atoms with van der Waals surface area (Å²) in [5.41, 5.74) is 1.85. The van der Waals surface area contributed by atoms with E-state index in [0.29, 0.717) is 11.8 Å². The van der Waals surface area contributed by atoms with E-state index >= 15 is 0 Å². The molecule has 1 aliphatic rings. The maximum absolute atomic E-state index is 12.3. The molecule has 3 atom stereocenters. The average molecular weight is 410 g/mol. The van der Waals surface area contributed by atoms with Crippen LogP contribution in [0.3, 0.4) is 0 Å². The second-order valence-electron chi connectivity index (χ2n) is 7.79. The smallest absolute Gasteiger partial charge is 0.241 e. The van der Waals surface area contributed by atoms with Crippen LogP contribution in [0.1, 0.15) is 44.2 Å². The first-order valence-electron chi connectivity index (χ1n) is 9.73. The topological polar surface area (TPSA) is 104 Å². The van der Waals surface area contributed by atoms with Crippen molar-refractivity contribution in [2.75, 3.05) is 13.1 Å². The second kappa shape index (κ2) is 9.52. The Bertz CT molecular complexity index is 823. The van der Waals surface area contributed by atoms with Gasteiger partial charge in [0.2, 0.25) is 21.8 Å². The Hall–Kier alpha value is -1.93. The Morgan fingerprint density at radius 1 is 1.04 bits per heavy atom. The minimum absolute atomic E-state index is 0.113. The highest BCUT2D eigenvalue weighted by Crippen LogP contribution is 2.29. The molecule has 7 nitrogen and oxygen atoms in total. The third kappa shape index (κ3) is 6.04. The molecule has 1 aromatic rings. The van der Waals surface area contributed by atoms with Gasteiger partial charge in [-0.15, -0.1) is 0 Å². The van der Waals surface area contributed by atoms with Gasteiger partial charge in [-0.25, -0.2) is 13.1 Å². The van der Waals surface area contributed by atoms with Crippen LogP contribution in [0.4, 0.5) is 0 Å². The van der Waals surface area contributed by atoms with Gasteiger partial charge in [-0.2, -0.15) is 0 Å². The number of sulfonamides is 1. The molecule has 0 aliphatic heterocycles. The van der Waals surface area contributed by atoms with Gasteiger partial charge in [0.25, 0.3) is 0 Å². The average Bonchev–Trinajstić information content (AvgIpc) is 2.64. The highest BCUT2D eigenvalue weighted by Gasteiger charge is 2.28. The maximum Gasteiger partial charge on any atom is 0.241 e. The lowest BCUT2D eigenvalue weighted by atomic mass is 9.78. The van der Waals surface area contributed by atoms with Gasteiger partial charge < -0.3 is 10.6 Å². The van der Waals surface area contributed by atoms with E-state index in [9.17, 15) is 18.0 Å². The zero-order valence-corrected chi connectivity index (χ0v) is 17.9. The van der Waals surface area contributed by atoms with Gasteiger partial charge in [0.1, 0.15) is 0 Å². The van der Waals surface area contributed by atoms with Crippen molar-refractivity contribution in [2.45, 2.75) is 57.9 Å². The van der Waals surface area contributed by atoms with Crippen LogP contribution < -0.4 is 15.4 Å². The third-order valence-corrected chi connectivity index (χ3v) is 7.11. The van der Waals surface area contributed by atoms with Crippen LogP contribution in [0.25, 0.3) is 0 Å². The zero-order valence-electron chi connectivity index (χ0n) is 17.0. The number of hydrogen-bond donors (Lipinski definition) is 3. The van der Waals surface area contributed by atoms with E-state index in [4.69, 9.17) is 0 Å². The molecule has 2 rings (SSSR count). The lowest BCUT2D eigenvalue weighted by Crippen LogP contribution is -2.48. The molecule has 0 radical (unpaired) electrons. The minimum Gasteiger partial charge on any atom is -0.352 e. The molecule has 1 aliphatic carbocycles. The predicted molar refractivity (Wildman–Crippen MR) is 108 cm³/mol. The van der Waals surface area contributed by atoms with Crippen LogP contribution in [-0.4, -0.2) is 39.4 Å². The van der Waals surface area contributed by atoms with E-state index in [1.54, 1.807) is 12.1 Å². The van der Waals surface area contributed by atoms with Crippen molar-refractivity contribution in [3.63, 3.8) is 0 Å². The molecule has 1 fully saturated rings. The van der Waals surface area contributed by atoms with Gasteiger partial charge in [-0.3, -0.25) is 9.59 Å². The summed E-state index contributed by atoms with van der Waals surface area (Å²) in [6, 6.07) is 4.91. The normalized spacial score (nSPS) is 22.5. The lowest BCUT2D eigenvalue weighted by Gasteiger charge is -2.34. The molecule has 2 amide bonds. The number of carbonyl (C=O) groups is 2.